The van der Waals surface area contributed by atoms with Crippen LogP contribution in [0.25, 0.3) is 16.6 Å². The topological polar surface area (TPSA) is 85.6 Å². The number of nitrogens with zero attached hydrogens (tertiary/aromatic N) is 5. The largest absolute Gasteiger partial charge is 0.325 e. The van der Waals surface area contributed by atoms with Gasteiger partial charge in [0.1, 0.15) is 0 Å². The van der Waals surface area contributed by atoms with E-state index in [1.807, 2.05) is 67.6 Å². The van der Waals surface area contributed by atoms with E-state index in [0.29, 0.717) is 17.3 Å². The van der Waals surface area contributed by atoms with Crippen LogP contribution in [0.3, 0.4) is 0 Å². The van der Waals surface area contributed by atoms with Gasteiger partial charge in [-0.25, -0.2) is 0 Å². The van der Waals surface area contributed by atoms with Crippen molar-refractivity contribution in [1.82, 2.24) is 25.2 Å². The average molecular weight is 390 g/mol. The molecule has 7 nitrogen and oxygen atoms in total. The van der Waals surface area contributed by atoms with Gasteiger partial charge in [-0.3, -0.25) is 9.78 Å². The zero-order chi connectivity index (χ0) is 19.3. The van der Waals surface area contributed by atoms with Gasteiger partial charge in [0.05, 0.1) is 16.9 Å². The van der Waals surface area contributed by atoms with Gasteiger partial charge < -0.3 is 5.32 Å². The molecule has 0 radical (unpaired) electrons. The van der Waals surface area contributed by atoms with Gasteiger partial charge in [0.2, 0.25) is 11.1 Å². The van der Waals surface area contributed by atoms with Crippen LogP contribution >= 0.6 is 11.8 Å². The molecule has 1 N–H and O–H groups in total. The van der Waals surface area contributed by atoms with Gasteiger partial charge in [-0.15, -0.1) is 5.10 Å². The maximum absolute atomic E-state index is 12.4. The molecule has 0 aliphatic carbocycles. The first kappa shape index (κ1) is 18.1. The molecule has 140 valence electrons. The van der Waals surface area contributed by atoms with Crippen LogP contribution in [0.4, 0.5) is 5.69 Å². The predicted octanol–water partition coefficient (Wildman–Crippen LogP) is 3.64. The quantitative estimate of drug-likeness (QED) is 0.506. The summed E-state index contributed by atoms with van der Waals surface area (Å²) in [7, 11) is 0. The van der Waals surface area contributed by atoms with E-state index in [1.54, 1.807) is 4.68 Å². The summed E-state index contributed by atoms with van der Waals surface area (Å²) in [5, 5.41) is 16.4. The summed E-state index contributed by atoms with van der Waals surface area (Å²) in [5.41, 5.74) is 3.41. The number of amides is 1. The first-order valence-electron chi connectivity index (χ1n) is 8.83. The van der Waals surface area contributed by atoms with Crippen LogP contribution in [-0.4, -0.2) is 36.9 Å². The molecule has 28 heavy (non-hydrogen) atoms. The Hall–Kier alpha value is -3.26. The summed E-state index contributed by atoms with van der Waals surface area (Å²) in [6, 6.07) is 19.3. The minimum absolute atomic E-state index is 0.0537. The van der Waals surface area contributed by atoms with E-state index in [9.17, 15) is 4.79 Å². The normalized spacial score (nSPS) is 10.9. The molecule has 0 saturated heterocycles. The van der Waals surface area contributed by atoms with Crippen molar-refractivity contribution in [3.05, 3.63) is 66.4 Å². The van der Waals surface area contributed by atoms with E-state index in [4.69, 9.17) is 0 Å². The van der Waals surface area contributed by atoms with Crippen molar-refractivity contribution in [2.75, 3.05) is 11.1 Å². The number of fused-ring (bicyclic) bond motifs is 1. The number of thioether (sulfide) groups is 1. The van der Waals surface area contributed by atoms with Gasteiger partial charge in [-0.1, -0.05) is 48.2 Å². The number of hydrogen-bond acceptors (Lipinski definition) is 6. The molecule has 8 heteroatoms. The number of carbonyl (C=O) groups excluding carboxylic acids is 1. The van der Waals surface area contributed by atoms with Gasteiger partial charge in [0.15, 0.2) is 0 Å². The molecule has 0 aliphatic heterocycles. The maximum atomic E-state index is 12.4. The van der Waals surface area contributed by atoms with Crippen molar-refractivity contribution in [1.29, 1.82) is 0 Å². The summed E-state index contributed by atoms with van der Waals surface area (Å²) in [4.78, 5) is 16.9. The van der Waals surface area contributed by atoms with Gasteiger partial charge in [-0.05, 0) is 41.6 Å². The van der Waals surface area contributed by atoms with Crippen molar-refractivity contribution in [3.63, 3.8) is 0 Å². The summed E-state index contributed by atoms with van der Waals surface area (Å²) in [6.45, 7) is 1.92. The number of carbonyl (C=O) groups is 1. The highest BCUT2D eigenvalue weighted by Gasteiger charge is 2.11. The molecule has 2 heterocycles. The number of anilines is 1. The Morgan fingerprint density at radius 2 is 1.89 bits per heavy atom. The Morgan fingerprint density at radius 3 is 2.75 bits per heavy atom. The van der Waals surface area contributed by atoms with E-state index in [-0.39, 0.29) is 5.91 Å². The Kier molecular flexibility index (Phi) is 5.29. The fourth-order valence-electron chi connectivity index (χ4n) is 2.86. The lowest BCUT2D eigenvalue weighted by atomic mass is 10.1. The summed E-state index contributed by atoms with van der Waals surface area (Å²) in [6.07, 6.45) is 0.349. The van der Waals surface area contributed by atoms with Crippen LogP contribution < -0.4 is 5.32 Å². The maximum Gasteiger partial charge on any atom is 0.225 e. The smallest absolute Gasteiger partial charge is 0.225 e. The highest BCUT2D eigenvalue weighted by molar-refractivity contribution is 7.99. The van der Waals surface area contributed by atoms with E-state index >= 15 is 0 Å². The fraction of sp³-hybridized carbons (Fsp3) is 0.150. The minimum Gasteiger partial charge on any atom is -0.325 e. The zero-order valence-electron chi connectivity index (χ0n) is 15.2. The molecule has 0 spiro atoms. The fourth-order valence-corrected chi connectivity index (χ4v) is 3.69. The third kappa shape index (κ3) is 4.01. The van der Waals surface area contributed by atoms with E-state index in [0.717, 1.165) is 28.0 Å². The number of aryl methyl sites for hydroxylation is 1. The molecule has 0 fully saturated rings. The SMILES string of the molecule is Cc1cc(NC(=O)CCSc2nnnn2-c2ccccc2)c2ccccc2n1. The number of rotatable bonds is 6. The number of tetrazole rings is 1. The molecular weight excluding hydrogens is 372 g/mol. The minimum atomic E-state index is -0.0537. The van der Waals surface area contributed by atoms with E-state index in [2.05, 4.69) is 25.8 Å². The lowest BCUT2D eigenvalue weighted by Gasteiger charge is -2.09. The van der Waals surface area contributed by atoms with Crippen LogP contribution in [0, 0.1) is 6.92 Å². The van der Waals surface area contributed by atoms with E-state index in [1.165, 1.54) is 11.8 Å². The van der Waals surface area contributed by atoms with Crippen molar-refractivity contribution in [2.24, 2.45) is 0 Å². The van der Waals surface area contributed by atoms with Gasteiger partial charge in [0.25, 0.3) is 0 Å². The van der Waals surface area contributed by atoms with Crippen LogP contribution in [-0.2, 0) is 4.79 Å². The monoisotopic (exact) mass is 390 g/mol. The van der Waals surface area contributed by atoms with Gasteiger partial charge >= 0.3 is 0 Å². The van der Waals surface area contributed by atoms with Crippen molar-refractivity contribution in [3.8, 4) is 5.69 Å². The van der Waals surface area contributed by atoms with Crippen molar-refractivity contribution < 1.29 is 4.79 Å². The first-order chi connectivity index (χ1) is 13.7. The van der Waals surface area contributed by atoms with Crippen molar-refractivity contribution >= 4 is 34.3 Å². The Bertz CT molecular complexity index is 1110. The Balaban J connectivity index is 1.40. The second-order valence-electron chi connectivity index (χ2n) is 6.18. The number of pyridine rings is 1. The van der Waals surface area contributed by atoms with Crippen LogP contribution in [0.15, 0.2) is 65.8 Å². The molecule has 4 aromatic rings. The Morgan fingerprint density at radius 1 is 1.11 bits per heavy atom. The summed E-state index contributed by atoms with van der Waals surface area (Å²) >= 11 is 1.45. The van der Waals surface area contributed by atoms with Crippen molar-refractivity contribution in [2.45, 2.75) is 18.5 Å². The number of para-hydroxylation sites is 2. The highest BCUT2D eigenvalue weighted by Crippen LogP contribution is 2.24. The lowest BCUT2D eigenvalue weighted by Crippen LogP contribution is -2.13. The van der Waals surface area contributed by atoms with Crippen LogP contribution in [0.1, 0.15) is 12.1 Å². The molecule has 0 saturated carbocycles. The number of aromatic nitrogens is 5. The van der Waals surface area contributed by atoms with Gasteiger partial charge in [-0.2, -0.15) is 4.68 Å². The second kappa shape index (κ2) is 8.18. The molecule has 0 bridgehead atoms. The van der Waals surface area contributed by atoms with Crippen LogP contribution in [0.5, 0.6) is 0 Å². The molecule has 4 rings (SSSR count). The number of nitrogens with one attached hydrogen (secondary N) is 1. The molecule has 2 aromatic carbocycles. The summed E-state index contributed by atoms with van der Waals surface area (Å²) in [5.74, 6) is 0.517. The Labute approximate surface area is 166 Å². The third-order valence-electron chi connectivity index (χ3n) is 4.12. The molecule has 0 atom stereocenters. The first-order valence-corrected chi connectivity index (χ1v) is 9.82. The molecular formula is C20H18N6OS. The van der Waals surface area contributed by atoms with E-state index < -0.39 is 0 Å². The molecule has 0 unspecified atom stereocenters. The molecule has 0 aliphatic rings. The lowest BCUT2D eigenvalue weighted by molar-refractivity contribution is -0.115. The number of hydrogen-bond donors (Lipinski definition) is 1. The third-order valence-corrected chi connectivity index (χ3v) is 5.04. The average Bonchev–Trinajstić information content (AvgIpc) is 3.17. The standard InChI is InChI=1S/C20H18N6OS/c1-14-13-18(16-9-5-6-10-17(16)21-14)22-19(27)11-12-28-20-23-24-25-26(20)15-7-3-2-4-8-15/h2-10,13H,11-12H2,1H3,(H,21,22,27). The molecule has 1 amide bonds. The molecule has 2 aromatic heterocycles. The zero-order valence-corrected chi connectivity index (χ0v) is 16.1. The van der Waals surface area contributed by atoms with Gasteiger partial charge in [0, 0.05) is 23.3 Å². The second-order valence-corrected chi connectivity index (χ2v) is 7.25. The highest BCUT2D eigenvalue weighted by atomic mass is 32.2. The predicted molar refractivity (Wildman–Crippen MR) is 110 cm³/mol. The van der Waals surface area contributed by atoms with Crippen LogP contribution in [0.2, 0.25) is 0 Å². The summed E-state index contributed by atoms with van der Waals surface area (Å²) < 4.78 is 1.67. The number of benzene rings is 2.